The third kappa shape index (κ3) is 4.90. The largest absolute Gasteiger partial charge is 0.491 e. The number of hydrogen-bond donors (Lipinski definition) is 2. The van der Waals surface area contributed by atoms with Gasteiger partial charge in [0.05, 0.1) is 36.2 Å². The summed E-state index contributed by atoms with van der Waals surface area (Å²) in [7, 11) is 0. The smallest absolute Gasteiger partial charge is 0.407 e. The third-order valence-corrected chi connectivity index (χ3v) is 7.35. The zero-order valence-corrected chi connectivity index (χ0v) is 21.8. The van der Waals surface area contributed by atoms with E-state index in [9.17, 15) is 4.79 Å². The fourth-order valence-electron chi connectivity index (χ4n) is 5.51. The van der Waals surface area contributed by atoms with Gasteiger partial charge in [-0.05, 0) is 75.9 Å². The molecule has 1 saturated carbocycles. The number of ether oxygens (including phenoxy) is 3. The van der Waals surface area contributed by atoms with Gasteiger partial charge in [-0.15, -0.1) is 5.10 Å². The Morgan fingerprint density at radius 2 is 2.08 bits per heavy atom. The van der Waals surface area contributed by atoms with Gasteiger partial charge in [0, 0.05) is 18.6 Å². The fraction of sp³-hybridized carbons (Fsp3) is 0.720. The maximum atomic E-state index is 12.2. The number of fused-ring (bicyclic) bond motifs is 3. The number of amides is 1. The molecule has 2 atom stereocenters. The summed E-state index contributed by atoms with van der Waals surface area (Å²) in [5.74, 6) is 1.60. The lowest BCUT2D eigenvalue weighted by molar-refractivity contribution is -0.197. The van der Waals surface area contributed by atoms with Crippen LogP contribution in [0.3, 0.4) is 0 Å². The fourth-order valence-corrected chi connectivity index (χ4v) is 5.51. The van der Waals surface area contributed by atoms with Crippen LogP contribution in [-0.4, -0.2) is 67.8 Å². The number of alkyl carbamates (subject to hydrolysis) is 1. The number of nitrogens with zero attached hydrogens (tertiary/aromatic N) is 5. The molecule has 2 aromatic rings. The highest BCUT2D eigenvalue weighted by atomic mass is 16.6. The highest BCUT2D eigenvalue weighted by Crippen LogP contribution is 2.51. The summed E-state index contributed by atoms with van der Waals surface area (Å²) in [5, 5.41) is 19.5. The number of rotatable bonds is 8. The molecule has 1 amide bonds. The van der Waals surface area contributed by atoms with Crippen molar-refractivity contribution in [3.63, 3.8) is 0 Å². The quantitative estimate of drug-likeness (QED) is 0.564. The van der Waals surface area contributed by atoms with E-state index in [1.807, 2.05) is 37.6 Å². The molecular weight excluding hydrogens is 462 g/mol. The van der Waals surface area contributed by atoms with E-state index in [0.29, 0.717) is 19.8 Å². The molecule has 11 heteroatoms. The summed E-state index contributed by atoms with van der Waals surface area (Å²) in [5.41, 5.74) is 0.733. The van der Waals surface area contributed by atoms with E-state index in [1.165, 1.54) is 0 Å². The molecular formula is C25H37N7O4. The molecule has 0 radical (unpaired) electrons. The molecule has 196 valence electrons. The van der Waals surface area contributed by atoms with E-state index in [1.54, 1.807) is 0 Å². The zero-order chi connectivity index (χ0) is 25.6. The molecule has 2 aromatic heterocycles. The minimum Gasteiger partial charge on any atom is -0.491 e. The van der Waals surface area contributed by atoms with E-state index >= 15 is 0 Å². The summed E-state index contributed by atoms with van der Waals surface area (Å²) >= 11 is 0. The lowest BCUT2D eigenvalue weighted by Gasteiger charge is -2.61. The summed E-state index contributed by atoms with van der Waals surface area (Å²) < 4.78 is 19.2. The van der Waals surface area contributed by atoms with Crippen LogP contribution in [0, 0.1) is 0 Å². The molecule has 1 aliphatic carbocycles. The molecule has 2 N–H and O–H groups in total. The first-order chi connectivity index (χ1) is 17.1. The van der Waals surface area contributed by atoms with Crippen molar-refractivity contribution in [1.29, 1.82) is 0 Å². The van der Waals surface area contributed by atoms with E-state index in [0.717, 1.165) is 55.1 Å². The van der Waals surface area contributed by atoms with Gasteiger partial charge in [-0.1, -0.05) is 6.92 Å². The summed E-state index contributed by atoms with van der Waals surface area (Å²) in [6.07, 6.45) is 3.68. The van der Waals surface area contributed by atoms with Crippen LogP contribution < -0.4 is 15.4 Å². The van der Waals surface area contributed by atoms with Gasteiger partial charge in [0.1, 0.15) is 17.4 Å². The molecule has 5 heterocycles. The Bertz CT molecular complexity index is 1110. The van der Waals surface area contributed by atoms with Crippen LogP contribution in [-0.2, 0) is 15.9 Å². The van der Waals surface area contributed by atoms with Crippen molar-refractivity contribution >= 4 is 6.09 Å². The molecule has 2 unspecified atom stereocenters. The highest BCUT2D eigenvalue weighted by molar-refractivity contribution is 5.67. The summed E-state index contributed by atoms with van der Waals surface area (Å²) in [4.78, 5) is 17.2. The topological polar surface area (TPSA) is 125 Å². The predicted octanol–water partition coefficient (Wildman–Crippen LogP) is 2.87. The number of pyridine rings is 1. The molecule has 36 heavy (non-hydrogen) atoms. The second-order valence-corrected chi connectivity index (χ2v) is 11.4. The first-order valence-corrected chi connectivity index (χ1v) is 12.9. The van der Waals surface area contributed by atoms with E-state index in [2.05, 4.69) is 40.0 Å². The van der Waals surface area contributed by atoms with Gasteiger partial charge in [-0.25, -0.2) is 9.48 Å². The van der Waals surface area contributed by atoms with Crippen molar-refractivity contribution in [2.75, 3.05) is 19.8 Å². The molecule has 2 saturated heterocycles. The number of aromatic nitrogens is 5. The average Bonchev–Trinajstić information content (AvgIpc) is 3.48. The standard InChI is InChI=1S/C25H37N7O4/c1-6-16(2)32-21(29-30-31-32)20(18-7-8-19-17(27-18)9-11-34-19)28-24-10-12-35-25(13-24,14-24)15-26-22(33)36-23(3,4)5/h7-8,16,20,28H,6,9-15H2,1-5H3,(H,26,33). The molecule has 3 fully saturated rings. The van der Waals surface area contributed by atoms with E-state index in [4.69, 9.17) is 19.2 Å². The van der Waals surface area contributed by atoms with Crippen molar-refractivity contribution < 1.29 is 19.0 Å². The van der Waals surface area contributed by atoms with Crippen LogP contribution in [0.1, 0.15) is 89.6 Å². The summed E-state index contributed by atoms with van der Waals surface area (Å²) in [6.45, 7) is 11.5. The molecule has 3 aliphatic heterocycles. The van der Waals surface area contributed by atoms with Gasteiger partial charge < -0.3 is 19.5 Å². The predicted molar refractivity (Wildman–Crippen MR) is 131 cm³/mol. The Morgan fingerprint density at radius 3 is 2.83 bits per heavy atom. The van der Waals surface area contributed by atoms with Gasteiger partial charge in [0.2, 0.25) is 0 Å². The Kier molecular flexibility index (Phi) is 6.40. The number of hydrogen-bond acceptors (Lipinski definition) is 9. The SMILES string of the molecule is CCC(C)n1nnnc1C(NC12CCOC(CNC(=O)OC(C)(C)C)(C1)C2)c1ccc2c(n1)CCO2. The maximum Gasteiger partial charge on any atom is 0.407 e. The van der Waals surface area contributed by atoms with E-state index in [-0.39, 0.29) is 17.6 Å². The van der Waals surface area contributed by atoms with Crippen LogP contribution in [0.4, 0.5) is 4.79 Å². The van der Waals surface area contributed by atoms with Crippen LogP contribution in [0.25, 0.3) is 0 Å². The van der Waals surface area contributed by atoms with Crippen molar-refractivity contribution in [3.8, 4) is 5.75 Å². The maximum absolute atomic E-state index is 12.2. The second-order valence-electron chi connectivity index (χ2n) is 11.4. The Hall–Kier alpha value is -2.79. The van der Waals surface area contributed by atoms with E-state index < -0.39 is 17.3 Å². The first kappa shape index (κ1) is 24.9. The lowest BCUT2D eigenvalue weighted by atomic mass is 9.61. The highest BCUT2D eigenvalue weighted by Gasteiger charge is 2.59. The molecule has 0 spiro atoms. The van der Waals surface area contributed by atoms with Crippen LogP contribution in [0.5, 0.6) is 5.75 Å². The Labute approximate surface area is 211 Å². The molecule has 0 aromatic carbocycles. The minimum atomic E-state index is -0.541. The van der Waals surface area contributed by atoms with Crippen molar-refractivity contribution in [2.45, 2.75) is 95.5 Å². The van der Waals surface area contributed by atoms with Crippen molar-refractivity contribution in [1.82, 2.24) is 35.8 Å². The molecule has 4 aliphatic rings. The van der Waals surface area contributed by atoms with Gasteiger partial charge in [0.25, 0.3) is 0 Å². The van der Waals surface area contributed by atoms with Crippen LogP contribution in [0.2, 0.25) is 0 Å². The number of nitrogens with one attached hydrogen (secondary N) is 2. The Morgan fingerprint density at radius 1 is 1.28 bits per heavy atom. The van der Waals surface area contributed by atoms with Crippen molar-refractivity contribution in [3.05, 3.63) is 29.3 Å². The monoisotopic (exact) mass is 499 g/mol. The first-order valence-electron chi connectivity index (χ1n) is 12.9. The van der Waals surface area contributed by atoms with Crippen LogP contribution in [0.15, 0.2) is 12.1 Å². The van der Waals surface area contributed by atoms with Crippen LogP contribution >= 0.6 is 0 Å². The summed E-state index contributed by atoms with van der Waals surface area (Å²) in [6, 6.07) is 3.87. The molecule has 6 rings (SSSR count). The average molecular weight is 500 g/mol. The lowest BCUT2D eigenvalue weighted by Crippen LogP contribution is -2.72. The Balaban J connectivity index is 1.36. The zero-order valence-electron chi connectivity index (χ0n) is 21.8. The normalized spacial score (nSPS) is 26.4. The number of carbonyl (C=O) groups excluding carboxylic acids is 1. The third-order valence-electron chi connectivity index (χ3n) is 7.35. The van der Waals surface area contributed by atoms with Crippen molar-refractivity contribution in [2.24, 2.45) is 0 Å². The molecule has 11 nitrogen and oxygen atoms in total. The number of carbonyl (C=O) groups is 1. The van der Waals surface area contributed by atoms with Gasteiger partial charge >= 0.3 is 6.09 Å². The van der Waals surface area contributed by atoms with Gasteiger partial charge in [0.15, 0.2) is 5.82 Å². The second kappa shape index (κ2) is 9.26. The van der Waals surface area contributed by atoms with Gasteiger partial charge in [-0.3, -0.25) is 10.3 Å². The molecule has 2 bridgehead atoms. The minimum absolute atomic E-state index is 0.155. The number of tetrazole rings is 1. The van der Waals surface area contributed by atoms with Gasteiger partial charge in [-0.2, -0.15) is 0 Å².